The molecule has 1 rings (SSSR count). The maximum atomic E-state index is 12.2. The summed E-state index contributed by atoms with van der Waals surface area (Å²) >= 11 is 0. The Labute approximate surface area is 101 Å². The van der Waals surface area contributed by atoms with Crippen LogP contribution >= 0.6 is 0 Å². The summed E-state index contributed by atoms with van der Waals surface area (Å²) in [5.41, 5.74) is 10.9. The molecule has 0 bridgehead atoms. The molecule has 1 aromatic heterocycles. The van der Waals surface area contributed by atoms with Crippen molar-refractivity contribution in [2.24, 2.45) is 10.7 Å². The molecule has 0 saturated carbocycles. The lowest BCUT2D eigenvalue weighted by atomic mass is 10.1. The van der Waals surface area contributed by atoms with E-state index in [2.05, 4.69) is 14.7 Å². The van der Waals surface area contributed by atoms with Crippen LogP contribution in [-0.2, 0) is 0 Å². The smallest absolute Gasteiger partial charge is 0.405 e. The van der Waals surface area contributed by atoms with E-state index in [4.69, 9.17) is 11.5 Å². The van der Waals surface area contributed by atoms with E-state index >= 15 is 0 Å². The Morgan fingerprint density at radius 3 is 2.67 bits per heavy atom. The van der Waals surface area contributed by atoms with Gasteiger partial charge in [0.15, 0.2) is 0 Å². The van der Waals surface area contributed by atoms with Crippen LogP contribution in [0.5, 0.6) is 5.75 Å². The number of aliphatic imine (C=N–C) groups is 1. The SMILES string of the molecule is CN=C/C(=C\N)c1cnc(N)cc1OC(F)(F)F. The molecule has 0 aliphatic heterocycles. The normalized spacial score (nSPS) is 13.0. The van der Waals surface area contributed by atoms with Gasteiger partial charge >= 0.3 is 6.36 Å². The molecule has 0 aliphatic rings. The van der Waals surface area contributed by atoms with Gasteiger partial charge in [0.25, 0.3) is 0 Å². The van der Waals surface area contributed by atoms with Crippen LogP contribution in [-0.4, -0.2) is 24.6 Å². The lowest BCUT2D eigenvalue weighted by Crippen LogP contribution is -2.18. The third-order valence-corrected chi connectivity index (χ3v) is 1.87. The Morgan fingerprint density at radius 1 is 1.50 bits per heavy atom. The molecule has 1 heterocycles. The number of pyridine rings is 1. The van der Waals surface area contributed by atoms with E-state index in [1.165, 1.54) is 13.3 Å². The Kier molecular flexibility index (Phi) is 4.13. The molecule has 0 radical (unpaired) electrons. The van der Waals surface area contributed by atoms with Gasteiger partial charge in [-0.2, -0.15) is 0 Å². The minimum atomic E-state index is -4.83. The van der Waals surface area contributed by atoms with Gasteiger partial charge in [0.05, 0.1) is 0 Å². The second-order valence-corrected chi connectivity index (χ2v) is 3.16. The molecule has 5 nitrogen and oxygen atoms in total. The van der Waals surface area contributed by atoms with Crippen molar-refractivity contribution < 1.29 is 17.9 Å². The van der Waals surface area contributed by atoms with Gasteiger partial charge in [-0.1, -0.05) is 0 Å². The molecule has 8 heteroatoms. The van der Waals surface area contributed by atoms with Crippen molar-refractivity contribution in [3.05, 3.63) is 24.0 Å². The number of anilines is 1. The third-order valence-electron chi connectivity index (χ3n) is 1.87. The minimum Gasteiger partial charge on any atom is -0.405 e. The summed E-state index contributed by atoms with van der Waals surface area (Å²) in [5.74, 6) is -0.575. The second kappa shape index (κ2) is 5.39. The Hall–Kier alpha value is -2.25. The number of rotatable bonds is 3. The number of ether oxygens (including phenoxy) is 1. The average molecular weight is 260 g/mol. The number of aromatic nitrogens is 1. The standard InChI is InChI=1S/C10H11F3N4O/c1-16-4-6(3-14)7-5-17-9(15)2-8(7)18-10(11,12)13/h2-5H,14H2,1H3,(H2,15,17)/b6-3+,16-4?. The number of nitrogens with two attached hydrogens (primary N) is 2. The van der Waals surface area contributed by atoms with E-state index in [0.29, 0.717) is 0 Å². The lowest BCUT2D eigenvalue weighted by Gasteiger charge is -2.13. The predicted octanol–water partition coefficient (Wildman–Crippen LogP) is 1.56. The largest absolute Gasteiger partial charge is 0.573 e. The van der Waals surface area contributed by atoms with Crippen LogP contribution in [0, 0.1) is 0 Å². The molecule has 0 fully saturated rings. The minimum absolute atomic E-state index is 0.0506. The first kappa shape index (κ1) is 13.8. The molecule has 0 aromatic carbocycles. The molecule has 0 amide bonds. The Bertz CT molecular complexity index is 483. The van der Waals surface area contributed by atoms with Crippen molar-refractivity contribution in [1.82, 2.24) is 4.98 Å². The number of allylic oxidation sites excluding steroid dienone is 1. The maximum absolute atomic E-state index is 12.2. The Balaban J connectivity index is 3.27. The summed E-state index contributed by atoms with van der Waals surface area (Å²) in [7, 11) is 1.46. The fraction of sp³-hybridized carbons (Fsp3) is 0.200. The molecule has 0 aliphatic carbocycles. The highest BCUT2D eigenvalue weighted by molar-refractivity contribution is 6.10. The molecule has 1 aromatic rings. The van der Waals surface area contributed by atoms with E-state index in [0.717, 1.165) is 18.5 Å². The van der Waals surface area contributed by atoms with Crippen LogP contribution in [0.2, 0.25) is 0 Å². The van der Waals surface area contributed by atoms with Crippen molar-refractivity contribution in [1.29, 1.82) is 0 Å². The number of nitrogens with zero attached hydrogens (tertiary/aromatic N) is 2. The molecule has 0 unspecified atom stereocenters. The number of halogens is 3. The van der Waals surface area contributed by atoms with Gasteiger partial charge in [0, 0.05) is 42.9 Å². The van der Waals surface area contributed by atoms with Gasteiger partial charge in [-0.05, 0) is 0 Å². The van der Waals surface area contributed by atoms with Crippen molar-refractivity contribution in [3.8, 4) is 5.75 Å². The number of hydrogen-bond acceptors (Lipinski definition) is 5. The van der Waals surface area contributed by atoms with E-state index in [9.17, 15) is 13.2 Å². The monoisotopic (exact) mass is 260 g/mol. The van der Waals surface area contributed by atoms with E-state index < -0.39 is 12.1 Å². The second-order valence-electron chi connectivity index (χ2n) is 3.16. The Morgan fingerprint density at radius 2 is 2.17 bits per heavy atom. The molecule has 0 saturated heterocycles. The van der Waals surface area contributed by atoms with Crippen molar-refractivity contribution in [3.63, 3.8) is 0 Å². The first-order valence-corrected chi connectivity index (χ1v) is 4.73. The zero-order chi connectivity index (χ0) is 13.8. The van der Waals surface area contributed by atoms with E-state index in [1.54, 1.807) is 0 Å². The third kappa shape index (κ3) is 3.65. The molecule has 18 heavy (non-hydrogen) atoms. The van der Waals surface area contributed by atoms with Crippen LogP contribution < -0.4 is 16.2 Å². The molecule has 0 spiro atoms. The van der Waals surface area contributed by atoms with Crippen LogP contribution in [0.15, 0.2) is 23.5 Å². The molecule has 0 atom stereocenters. The highest BCUT2D eigenvalue weighted by Crippen LogP contribution is 2.30. The number of alkyl halides is 3. The van der Waals surface area contributed by atoms with Gasteiger partial charge in [0.2, 0.25) is 0 Å². The summed E-state index contributed by atoms with van der Waals surface area (Å²) < 4.78 is 40.6. The fourth-order valence-electron chi connectivity index (χ4n) is 1.22. The van der Waals surface area contributed by atoms with Gasteiger partial charge < -0.3 is 16.2 Å². The lowest BCUT2D eigenvalue weighted by molar-refractivity contribution is -0.274. The summed E-state index contributed by atoms with van der Waals surface area (Å²) in [4.78, 5) is 7.37. The summed E-state index contributed by atoms with van der Waals surface area (Å²) in [6.07, 6.45) is -1.30. The van der Waals surface area contributed by atoms with Crippen molar-refractivity contribution >= 4 is 17.6 Å². The van der Waals surface area contributed by atoms with Crippen molar-refractivity contribution in [2.45, 2.75) is 6.36 Å². The zero-order valence-corrected chi connectivity index (χ0v) is 9.40. The highest BCUT2D eigenvalue weighted by atomic mass is 19.4. The number of nitrogen functional groups attached to an aromatic ring is 1. The topological polar surface area (TPSA) is 86.5 Å². The summed E-state index contributed by atoms with van der Waals surface area (Å²) in [6, 6.07) is 0.968. The molecule has 98 valence electrons. The molecular weight excluding hydrogens is 249 g/mol. The summed E-state index contributed by atoms with van der Waals surface area (Å²) in [5, 5.41) is 0. The van der Waals surface area contributed by atoms with Gasteiger partial charge in [-0.3, -0.25) is 4.99 Å². The fourth-order valence-corrected chi connectivity index (χ4v) is 1.22. The van der Waals surface area contributed by atoms with Crippen molar-refractivity contribution in [2.75, 3.05) is 12.8 Å². The van der Waals surface area contributed by atoms with Gasteiger partial charge in [-0.15, -0.1) is 13.2 Å². The first-order valence-electron chi connectivity index (χ1n) is 4.73. The number of hydrogen-bond donors (Lipinski definition) is 2. The van der Waals surface area contributed by atoms with Crippen LogP contribution in [0.25, 0.3) is 5.57 Å². The van der Waals surface area contributed by atoms with Crippen LogP contribution in [0.4, 0.5) is 19.0 Å². The van der Waals surface area contributed by atoms with Gasteiger partial charge in [0.1, 0.15) is 11.6 Å². The predicted molar refractivity (Wildman–Crippen MR) is 61.9 cm³/mol. The first-order chi connectivity index (χ1) is 8.37. The molecular formula is C10H11F3N4O. The average Bonchev–Trinajstić information content (AvgIpc) is 2.24. The maximum Gasteiger partial charge on any atom is 0.573 e. The zero-order valence-electron chi connectivity index (χ0n) is 9.40. The summed E-state index contributed by atoms with van der Waals surface area (Å²) in [6.45, 7) is 0. The quantitative estimate of drug-likeness (QED) is 0.807. The molecule has 4 N–H and O–H groups in total. The van der Waals surface area contributed by atoms with Gasteiger partial charge in [-0.25, -0.2) is 4.98 Å². The van der Waals surface area contributed by atoms with E-state index in [1.807, 2.05) is 0 Å². The van der Waals surface area contributed by atoms with E-state index in [-0.39, 0.29) is 17.0 Å². The van der Waals surface area contributed by atoms with Crippen LogP contribution in [0.3, 0.4) is 0 Å². The highest BCUT2D eigenvalue weighted by Gasteiger charge is 2.32. The van der Waals surface area contributed by atoms with Crippen LogP contribution in [0.1, 0.15) is 5.56 Å².